The van der Waals surface area contributed by atoms with E-state index < -0.39 is 17.4 Å². The molecule has 142 valence electrons. The van der Waals surface area contributed by atoms with Crippen molar-refractivity contribution in [2.45, 2.75) is 12.6 Å². The summed E-state index contributed by atoms with van der Waals surface area (Å²) < 4.78 is 3.05. The first-order valence-corrected chi connectivity index (χ1v) is 8.94. The summed E-state index contributed by atoms with van der Waals surface area (Å²) >= 11 is 0. The van der Waals surface area contributed by atoms with Crippen LogP contribution in [-0.4, -0.2) is 50.4 Å². The average molecular weight is 370 g/mol. The van der Waals surface area contributed by atoms with E-state index in [0.717, 1.165) is 31.7 Å². The number of benzene rings is 1. The molecule has 0 aliphatic carbocycles. The van der Waals surface area contributed by atoms with Gasteiger partial charge in [-0.2, -0.15) is 4.98 Å². The molecule has 0 unspecified atom stereocenters. The van der Waals surface area contributed by atoms with Crippen LogP contribution in [0.4, 0.5) is 5.95 Å². The predicted octanol–water partition coefficient (Wildman–Crippen LogP) is -0.433. The number of nitrogens with zero attached hydrogens (tertiary/aromatic N) is 4. The van der Waals surface area contributed by atoms with Crippen molar-refractivity contribution in [3.63, 3.8) is 0 Å². The molecule has 1 fully saturated rings. The van der Waals surface area contributed by atoms with Gasteiger partial charge in [0.25, 0.3) is 5.56 Å². The lowest BCUT2D eigenvalue weighted by atomic mass is 10.1. The third-order valence-electron chi connectivity index (χ3n) is 4.93. The number of fused-ring (bicyclic) bond motifs is 1. The normalized spacial score (nSPS) is 16.0. The van der Waals surface area contributed by atoms with Gasteiger partial charge >= 0.3 is 5.69 Å². The maximum absolute atomic E-state index is 12.5. The van der Waals surface area contributed by atoms with Crippen molar-refractivity contribution in [2.75, 3.05) is 31.1 Å². The predicted molar refractivity (Wildman–Crippen MR) is 102 cm³/mol. The highest BCUT2D eigenvalue weighted by Gasteiger charge is 2.24. The molecule has 1 aromatic carbocycles. The van der Waals surface area contributed by atoms with Gasteiger partial charge in [0, 0.05) is 33.2 Å². The maximum atomic E-state index is 12.5. The van der Waals surface area contributed by atoms with Crippen molar-refractivity contribution in [1.82, 2.24) is 24.4 Å². The monoisotopic (exact) mass is 370 g/mol. The van der Waals surface area contributed by atoms with E-state index in [1.165, 1.54) is 4.57 Å². The number of aromatic amines is 1. The molecule has 27 heavy (non-hydrogen) atoms. The highest BCUT2D eigenvalue weighted by Crippen LogP contribution is 2.24. The van der Waals surface area contributed by atoms with Gasteiger partial charge in [-0.25, -0.2) is 4.79 Å². The fourth-order valence-corrected chi connectivity index (χ4v) is 3.46. The number of imidazole rings is 1. The van der Waals surface area contributed by atoms with E-state index in [-0.39, 0.29) is 6.54 Å². The zero-order chi connectivity index (χ0) is 19.0. The Morgan fingerprint density at radius 1 is 1.19 bits per heavy atom. The first kappa shape index (κ1) is 17.5. The first-order valence-electron chi connectivity index (χ1n) is 8.94. The molecule has 4 rings (SSSR count). The molecule has 1 aliphatic rings. The molecule has 0 bridgehead atoms. The van der Waals surface area contributed by atoms with Crippen LogP contribution in [0.5, 0.6) is 0 Å². The number of rotatable bonds is 4. The van der Waals surface area contributed by atoms with Crippen LogP contribution < -0.4 is 21.5 Å². The molecule has 9 nitrogen and oxygen atoms in total. The van der Waals surface area contributed by atoms with Crippen molar-refractivity contribution in [2.24, 2.45) is 7.05 Å². The summed E-state index contributed by atoms with van der Waals surface area (Å²) in [6.45, 7) is 3.24. The van der Waals surface area contributed by atoms with Crippen molar-refractivity contribution in [1.29, 1.82) is 0 Å². The maximum Gasteiger partial charge on any atom is 0.329 e. The number of aromatic nitrogens is 4. The molecule has 1 atom stereocenters. The number of nitrogens with one attached hydrogen (secondary N) is 2. The molecule has 1 aliphatic heterocycles. The Hall–Kier alpha value is -2.91. The molecule has 3 N–H and O–H groups in total. The summed E-state index contributed by atoms with van der Waals surface area (Å²) in [4.78, 5) is 33.5. The van der Waals surface area contributed by atoms with Crippen LogP contribution in [0.3, 0.4) is 0 Å². The highest BCUT2D eigenvalue weighted by atomic mass is 16.3. The lowest BCUT2D eigenvalue weighted by Crippen LogP contribution is -2.44. The number of piperazine rings is 1. The van der Waals surface area contributed by atoms with Crippen molar-refractivity contribution < 1.29 is 5.11 Å². The number of aliphatic hydroxyl groups excluding tert-OH is 1. The number of H-pyrrole nitrogens is 1. The van der Waals surface area contributed by atoms with E-state index in [4.69, 9.17) is 0 Å². The average Bonchev–Trinajstić information content (AvgIpc) is 3.07. The highest BCUT2D eigenvalue weighted by molar-refractivity contribution is 5.74. The molecule has 3 aromatic rings. The standard InChI is InChI=1S/C18H22N6O3/c1-22-15-14(16(26)21-18(22)27)24(11-13(25)12-5-3-2-4-6-12)17(20-15)23-9-7-19-8-10-23/h2-6,13,19,25H,7-11H2,1H3,(H,21,26,27)/t13-/m1/s1. The lowest BCUT2D eigenvalue weighted by Gasteiger charge is -2.29. The quantitative estimate of drug-likeness (QED) is 0.575. The summed E-state index contributed by atoms with van der Waals surface area (Å²) in [7, 11) is 1.58. The molecule has 0 radical (unpaired) electrons. The van der Waals surface area contributed by atoms with E-state index in [1.807, 2.05) is 30.3 Å². The SMILES string of the molecule is Cn1c(=O)[nH]c(=O)c2c1nc(N1CCNCC1)n2C[C@@H](O)c1ccccc1. The van der Waals surface area contributed by atoms with E-state index in [2.05, 4.69) is 20.2 Å². The topological polar surface area (TPSA) is 108 Å². The third kappa shape index (κ3) is 3.15. The minimum absolute atomic E-state index is 0.168. The molecule has 0 spiro atoms. The van der Waals surface area contributed by atoms with Crippen LogP contribution in [0.15, 0.2) is 39.9 Å². The molecular formula is C18H22N6O3. The van der Waals surface area contributed by atoms with E-state index in [0.29, 0.717) is 17.1 Å². The Bertz CT molecular complexity index is 1060. The van der Waals surface area contributed by atoms with Gasteiger partial charge in [0.2, 0.25) is 5.95 Å². The Labute approximate surface area is 154 Å². The molecule has 3 heterocycles. The second kappa shape index (κ2) is 7.01. The largest absolute Gasteiger partial charge is 0.387 e. The zero-order valence-electron chi connectivity index (χ0n) is 15.1. The number of aliphatic hydroxyl groups is 1. The minimum Gasteiger partial charge on any atom is -0.387 e. The van der Waals surface area contributed by atoms with Gasteiger partial charge < -0.3 is 19.9 Å². The van der Waals surface area contributed by atoms with Gasteiger partial charge in [-0.15, -0.1) is 0 Å². The zero-order valence-corrected chi connectivity index (χ0v) is 15.1. The lowest BCUT2D eigenvalue weighted by molar-refractivity contribution is 0.158. The fourth-order valence-electron chi connectivity index (χ4n) is 3.46. The van der Waals surface area contributed by atoms with Gasteiger partial charge in [0.1, 0.15) is 0 Å². The molecule has 9 heteroatoms. The van der Waals surface area contributed by atoms with Crippen LogP contribution in [0, 0.1) is 0 Å². The van der Waals surface area contributed by atoms with Gasteiger partial charge in [-0.05, 0) is 5.56 Å². The van der Waals surface area contributed by atoms with E-state index >= 15 is 0 Å². The van der Waals surface area contributed by atoms with Crippen LogP contribution in [0.2, 0.25) is 0 Å². The van der Waals surface area contributed by atoms with Crippen molar-refractivity contribution in [3.05, 3.63) is 56.7 Å². The van der Waals surface area contributed by atoms with Crippen LogP contribution in [-0.2, 0) is 13.6 Å². The summed E-state index contributed by atoms with van der Waals surface area (Å²) in [5, 5.41) is 14.0. The number of anilines is 1. The van der Waals surface area contributed by atoms with Gasteiger partial charge in [0.05, 0.1) is 12.6 Å². The third-order valence-corrected chi connectivity index (χ3v) is 4.93. The first-order chi connectivity index (χ1) is 13.1. The van der Waals surface area contributed by atoms with Gasteiger partial charge in [-0.1, -0.05) is 30.3 Å². The summed E-state index contributed by atoms with van der Waals surface area (Å²) in [6, 6.07) is 9.29. The number of hydrogen-bond acceptors (Lipinski definition) is 6. The van der Waals surface area contributed by atoms with Crippen molar-refractivity contribution in [3.8, 4) is 0 Å². The molecule has 2 aromatic heterocycles. The van der Waals surface area contributed by atoms with E-state index in [9.17, 15) is 14.7 Å². The second-order valence-corrected chi connectivity index (χ2v) is 6.68. The minimum atomic E-state index is -0.804. The Morgan fingerprint density at radius 3 is 2.59 bits per heavy atom. The molecule has 0 saturated carbocycles. The summed E-state index contributed by atoms with van der Waals surface area (Å²) in [5.74, 6) is 0.591. The van der Waals surface area contributed by atoms with Gasteiger partial charge in [-0.3, -0.25) is 14.3 Å². The second-order valence-electron chi connectivity index (χ2n) is 6.68. The molecular weight excluding hydrogens is 348 g/mol. The van der Waals surface area contributed by atoms with E-state index in [1.54, 1.807) is 11.6 Å². The summed E-state index contributed by atoms with van der Waals surface area (Å²) in [6.07, 6.45) is -0.804. The van der Waals surface area contributed by atoms with Gasteiger partial charge in [0.15, 0.2) is 11.2 Å². The van der Waals surface area contributed by atoms with Crippen LogP contribution >= 0.6 is 0 Å². The smallest absolute Gasteiger partial charge is 0.329 e. The molecule has 0 amide bonds. The Balaban J connectivity index is 1.86. The van der Waals surface area contributed by atoms with Crippen molar-refractivity contribution >= 4 is 17.1 Å². The molecule has 1 saturated heterocycles. The number of hydrogen-bond donors (Lipinski definition) is 3. The van der Waals surface area contributed by atoms with Crippen LogP contribution in [0.1, 0.15) is 11.7 Å². The Morgan fingerprint density at radius 2 is 1.89 bits per heavy atom. The Kier molecular flexibility index (Phi) is 4.54. The fraction of sp³-hybridized carbons (Fsp3) is 0.389. The van der Waals surface area contributed by atoms with Crippen LogP contribution in [0.25, 0.3) is 11.2 Å². The number of aryl methyl sites for hydroxylation is 1. The summed E-state index contributed by atoms with van der Waals surface area (Å²) in [5.41, 5.74) is 0.361.